The molecule has 0 saturated carbocycles. The molecule has 28 heavy (non-hydrogen) atoms. The van der Waals surface area contributed by atoms with Gasteiger partial charge in [-0.15, -0.1) is 0 Å². The van der Waals surface area contributed by atoms with E-state index in [4.69, 9.17) is 27.2 Å². The first-order valence-corrected chi connectivity index (χ1v) is 12.1. The molecule has 0 amide bonds. The van der Waals surface area contributed by atoms with Crippen LogP contribution in [-0.4, -0.2) is 84.0 Å². The molecule has 0 aromatic rings. The summed E-state index contributed by atoms with van der Waals surface area (Å²) >= 11 is 0. The molecule has 4 aliphatic rings. The van der Waals surface area contributed by atoms with Crippen molar-refractivity contribution in [1.29, 1.82) is 0 Å². The van der Waals surface area contributed by atoms with Crippen LogP contribution in [0.15, 0.2) is 0 Å². The van der Waals surface area contributed by atoms with Gasteiger partial charge >= 0.3 is 160 Å². The molecule has 0 aromatic heterocycles. The van der Waals surface area contributed by atoms with Crippen molar-refractivity contribution in [3.63, 3.8) is 0 Å². The van der Waals surface area contributed by atoms with Crippen LogP contribution in [0.1, 0.15) is 39.5 Å². The zero-order valence-corrected chi connectivity index (χ0v) is 16.8. The second-order valence-corrected chi connectivity index (χ2v) is 11.3. The summed E-state index contributed by atoms with van der Waals surface area (Å²) in [5.74, 6) is 5.77. The molecule has 0 radical (unpaired) electrons. The molecule has 0 bridgehead atoms. The molecule has 1 unspecified atom stereocenters. The monoisotopic (exact) mass is 415 g/mol. The van der Waals surface area contributed by atoms with Gasteiger partial charge in [0, 0.05) is 0 Å². The van der Waals surface area contributed by atoms with Gasteiger partial charge in [0.25, 0.3) is 0 Å². The molecule has 1 atom stereocenters. The van der Waals surface area contributed by atoms with Gasteiger partial charge in [-0.05, 0) is 0 Å². The van der Waals surface area contributed by atoms with Crippen LogP contribution in [0.4, 0.5) is 0 Å². The zero-order chi connectivity index (χ0) is 18.7. The summed E-state index contributed by atoms with van der Waals surface area (Å²) in [6.07, 6.45) is 4.98. The molecule has 3 aliphatic heterocycles. The summed E-state index contributed by atoms with van der Waals surface area (Å²) < 4.78 is 35.6. The van der Waals surface area contributed by atoms with E-state index in [1.165, 1.54) is 0 Å². The van der Waals surface area contributed by atoms with Crippen LogP contribution in [0.5, 0.6) is 0 Å². The van der Waals surface area contributed by atoms with E-state index in [1.807, 2.05) is 0 Å². The van der Waals surface area contributed by atoms with E-state index in [-0.39, 0.29) is 33.4 Å². The van der Waals surface area contributed by atoms with Crippen LogP contribution >= 0.6 is 0 Å². The summed E-state index contributed by atoms with van der Waals surface area (Å²) in [5, 5.41) is 0. The molecular weight excluding hydrogens is 382 g/mol. The summed E-state index contributed by atoms with van der Waals surface area (Å²) in [6.45, 7) is 4.59. The molecule has 3 saturated heterocycles. The third-order valence-electron chi connectivity index (χ3n) is 5.99. The minimum absolute atomic E-state index is 0. The second kappa shape index (κ2) is 8.79. The Kier molecular flexibility index (Phi) is 6.82. The maximum absolute atomic E-state index is 12.0. The van der Waals surface area contributed by atoms with Crippen molar-refractivity contribution in [2.45, 2.75) is 45.6 Å². The first-order chi connectivity index (χ1) is 13.2. The van der Waals surface area contributed by atoms with Crippen molar-refractivity contribution in [1.82, 2.24) is 0 Å². The molecule has 3 fully saturated rings. The fourth-order valence-corrected chi connectivity index (χ4v) is 9.22. The summed E-state index contributed by atoms with van der Waals surface area (Å²) in [6, 6.07) is 0. The predicted octanol–water partition coefficient (Wildman–Crippen LogP) is 1.33. The first-order valence-electron chi connectivity index (χ1n) is 10.0. The minimum atomic E-state index is -3.85. The molecule has 1 aliphatic carbocycles. The van der Waals surface area contributed by atoms with E-state index in [0.29, 0.717) is 24.0 Å². The second-order valence-electron chi connectivity index (χ2n) is 7.52. The topological polar surface area (TPSA) is 72.5 Å². The number of esters is 1. The Morgan fingerprint density at radius 2 is 1.75 bits per heavy atom. The van der Waals surface area contributed by atoms with E-state index in [0.717, 1.165) is 51.7 Å². The van der Waals surface area contributed by atoms with Gasteiger partial charge in [-0.25, -0.2) is 0 Å². The van der Waals surface area contributed by atoms with Crippen LogP contribution in [0.25, 0.3) is 0 Å². The molecule has 0 spiro atoms. The molecule has 0 N–H and O–H groups in total. The molecule has 160 valence electrons. The normalized spacial score (nSPS) is 33.6. The van der Waals surface area contributed by atoms with Crippen LogP contribution in [0, 0.1) is 11.8 Å². The maximum atomic E-state index is 12.0. The third kappa shape index (κ3) is 3.75. The number of quaternary nitrogens is 1. The molecule has 3 heterocycles. The van der Waals surface area contributed by atoms with E-state index in [1.54, 1.807) is 0 Å². The fourth-order valence-electron chi connectivity index (χ4n) is 4.54. The Hall–Kier alpha value is -0.993. The summed E-state index contributed by atoms with van der Waals surface area (Å²) in [5.41, 5.74) is 0. The van der Waals surface area contributed by atoms with Crippen molar-refractivity contribution < 1.29 is 36.1 Å². The molecule has 9 heteroatoms. The molecule has 4 rings (SSSR count). The Bertz CT molecular complexity index is 599. The van der Waals surface area contributed by atoms with E-state index >= 15 is 0 Å². The average Bonchev–Trinajstić information content (AvgIpc) is 3.18. The van der Waals surface area contributed by atoms with Gasteiger partial charge < -0.3 is 0 Å². The fraction of sp³-hybridized carbons (Fsp3) is 0.842. The van der Waals surface area contributed by atoms with Gasteiger partial charge in [0.05, 0.1) is 0 Å². The number of nitrogens with zero attached hydrogens (tertiary/aromatic N) is 1. The number of carbonyl (C=O) groups is 1. The predicted molar refractivity (Wildman–Crippen MR) is 103 cm³/mol. The van der Waals surface area contributed by atoms with Crippen molar-refractivity contribution in [2.24, 2.45) is 0 Å². The van der Waals surface area contributed by atoms with Crippen LogP contribution < -0.4 is 0 Å². The Balaban J connectivity index is 0.00000225. The average molecular weight is 416 g/mol. The number of ether oxygens (including phenoxy) is 2. The molecule has 8 nitrogen and oxygen atoms in total. The summed E-state index contributed by atoms with van der Waals surface area (Å²) in [4.78, 5) is 12.0. The molecular formula is C19H33NO7Si. The van der Waals surface area contributed by atoms with Gasteiger partial charge in [-0.2, -0.15) is 0 Å². The summed E-state index contributed by atoms with van der Waals surface area (Å²) in [7, 11) is -3.85. The van der Waals surface area contributed by atoms with Crippen molar-refractivity contribution in [3.8, 4) is 11.8 Å². The Morgan fingerprint density at radius 3 is 2.46 bits per heavy atom. The zero-order valence-electron chi connectivity index (χ0n) is 15.8. The van der Waals surface area contributed by atoms with Gasteiger partial charge in [-0.3, -0.25) is 0 Å². The number of rotatable bonds is 7. The van der Waals surface area contributed by atoms with Crippen molar-refractivity contribution in [3.05, 3.63) is 0 Å². The van der Waals surface area contributed by atoms with Gasteiger partial charge in [0.15, 0.2) is 0 Å². The van der Waals surface area contributed by atoms with Crippen molar-refractivity contribution >= 4 is 14.5 Å². The third-order valence-corrected chi connectivity index (χ3v) is 11.0. The molecule has 0 aromatic carbocycles. The van der Waals surface area contributed by atoms with Gasteiger partial charge in [-0.1, -0.05) is 7.43 Å². The van der Waals surface area contributed by atoms with Gasteiger partial charge in [0.2, 0.25) is 0 Å². The SMILES string of the molecule is C.O=C(COC1C#CCCCCC1)OCCO[Si-]123OCC[N+]1(CCO2)CCO3. The number of hydrogen-bond donors (Lipinski definition) is 0. The Labute approximate surface area is 167 Å². The first kappa shape index (κ1) is 21.7. The van der Waals surface area contributed by atoms with Crippen LogP contribution in [0.2, 0.25) is 0 Å². The van der Waals surface area contributed by atoms with E-state index < -0.39 is 14.5 Å². The number of carbonyl (C=O) groups excluding carboxylic acids is 1. The standard InChI is InChI=1S/C18H29NO7Si.CH4/c20-18(16-22-17-6-4-2-1-3-5-7-17)21-14-15-26-27-19(8-11-23-27,9-12-24-27)10-13-25-27;/h17H,1-4,6,8-16H2;1H4. The quantitative estimate of drug-likeness (QED) is 0.269. The van der Waals surface area contributed by atoms with Gasteiger partial charge in [0.1, 0.15) is 0 Å². The van der Waals surface area contributed by atoms with Crippen LogP contribution in [-0.2, 0) is 32.0 Å². The van der Waals surface area contributed by atoms with E-state index in [2.05, 4.69) is 11.8 Å². The van der Waals surface area contributed by atoms with Crippen molar-refractivity contribution in [2.75, 3.05) is 59.3 Å². The Morgan fingerprint density at radius 1 is 1.04 bits per heavy atom. The van der Waals surface area contributed by atoms with Crippen LogP contribution in [0.3, 0.4) is 0 Å². The number of hydrogen-bond acceptors (Lipinski definition) is 7. The van der Waals surface area contributed by atoms with E-state index in [9.17, 15) is 4.79 Å².